The summed E-state index contributed by atoms with van der Waals surface area (Å²) < 4.78 is 5.86. The van der Waals surface area contributed by atoms with Crippen LogP contribution in [-0.4, -0.2) is 67.2 Å². The molecule has 2 heterocycles. The number of nitrogens with zero attached hydrogens (tertiary/aromatic N) is 2. The molecule has 1 aromatic rings. The number of amides is 1. The number of likely N-dealkylation sites (tertiary alicyclic amines) is 2. The minimum Gasteiger partial charge on any atom is -0.378 e. The Morgan fingerprint density at radius 1 is 1.07 bits per heavy atom. The number of carbonyl (C=O) groups is 1. The van der Waals surface area contributed by atoms with E-state index in [0.717, 1.165) is 64.4 Å². The van der Waals surface area contributed by atoms with Gasteiger partial charge >= 0.3 is 0 Å². The van der Waals surface area contributed by atoms with Gasteiger partial charge in [0.15, 0.2) is 0 Å². The molecular formula is C23H39Cl2N3O2. The van der Waals surface area contributed by atoms with Gasteiger partial charge in [0, 0.05) is 19.7 Å². The van der Waals surface area contributed by atoms with E-state index in [0.29, 0.717) is 18.6 Å². The maximum atomic E-state index is 13.0. The molecule has 5 nitrogen and oxygen atoms in total. The van der Waals surface area contributed by atoms with E-state index in [1.54, 1.807) is 0 Å². The van der Waals surface area contributed by atoms with Crippen molar-refractivity contribution in [3.63, 3.8) is 0 Å². The van der Waals surface area contributed by atoms with E-state index in [2.05, 4.69) is 42.2 Å². The van der Waals surface area contributed by atoms with Crippen LogP contribution in [0, 0.1) is 5.92 Å². The Morgan fingerprint density at radius 3 is 2.30 bits per heavy atom. The summed E-state index contributed by atoms with van der Waals surface area (Å²) in [4.78, 5) is 17.4. The van der Waals surface area contributed by atoms with Gasteiger partial charge < -0.3 is 15.4 Å². The van der Waals surface area contributed by atoms with Gasteiger partial charge in [-0.05, 0) is 76.6 Å². The van der Waals surface area contributed by atoms with E-state index in [9.17, 15) is 4.79 Å². The average Bonchev–Trinajstić information content (AvgIpc) is 2.75. The van der Waals surface area contributed by atoms with Crippen molar-refractivity contribution in [3.05, 3.63) is 35.9 Å². The third-order valence-corrected chi connectivity index (χ3v) is 6.38. The van der Waals surface area contributed by atoms with Crippen molar-refractivity contribution in [1.29, 1.82) is 0 Å². The second-order valence-corrected chi connectivity index (χ2v) is 8.38. The maximum absolute atomic E-state index is 13.0. The number of piperidine rings is 2. The molecule has 1 aromatic carbocycles. The Hall–Kier alpha value is -0.850. The summed E-state index contributed by atoms with van der Waals surface area (Å²) in [7, 11) is 0. The van der Waals surface area contributed by atoms with E-state index in [4.69, 9.17) is 10.5 Å². The second-order valence-electron chi connectivity index (χ2n) is 8.38. The molecule has 0 aliphatic carbocycles. The number of hydrogen-bond acceptors (Lipinski definition) is 4. The first-order chi connectivity index (χ1) is 13.7. The first kappa shape index (κ1) is 27.2. The highest BCUT2D eigenvalue weighted by Gasteiger charge is 2.31. The Balaban J connectivity index is 0.00000225. The van der Waals surface area contributed by atoms with Crippen molar-refractivity contribution < 1.29 is 9.53 Å². The summed E-state index contributed by atoms with van der Waals surface area (Å²) >= 11 is 0. The molecule has 172 valence electrons. The highest BCUT2D eigenvalue weighted by Crippen LogP contribution is 2.24. The topological polar surface area (TPSA) is 58.8 Å². The lowest BCUT2D eigenvalue weighted by atomic mass is 9.89. The van der Waals surface area contributed by atoms with E-state index in [1.807, 2.05) is 4.90 Å². The molecule has 3 rings (SSSR count). The fourth-order valence-electron chi connectivity index (χ4n) is 4.49. The van der Waals surface area contributed by atoms with Crippen LogP contribution in [0.1, 0.15) is 44.6 Å². The molecule has 0 spiro atoms. The molecule has 0 radical (unpaired) electrons. The predicted molar refractivity (Wildman–Crippen MR) is 128 cm³/mol. The third-order valence-electron chi connectivity index (χ3n) is 6.38. The van der Waals surface area contributed by atoms with Crippen LogP contribution in [0.4, 0.5) is 0 Å². The van der Waals surface area contributed by atoms with Crippen LogP contribution in [0.15, 0.2) is 30.3 Å². The van der Waals surface area contributed by atoms with Gasteiger partial charge in [-0.15, -0.1) is 24.8 Å². The van der Waals surface area contributed by atoms with Crippen LogP contribution in [0.25, 0.3) is 0 Å². The SMILES string of the molecule is CC(C(=O)N1CCC(OCCCN)CC1)N1CCC(Cc2ccccc2)CC1.Cl.Cl. The molecule has 1 unspecified atom stereocenters. The number of hydrogen-bond donors (Lipinski definition) is 1. The molecular weight excluding hydrogens is 421 g/mol. The zero-order chi connectivity index (χ0) is 19.8. The molecule has 2 saturated heterocycles. The van der Waals surface area contributed by atoms with Gasteiger partial charge in [-0.2, -0.15) is 0 Å². The third kappa shape index (κ3) is 8.01. The van der Waals surface area contributed by atoms with E-state index >= 15 is 0 Å². The van der Waals surface area contributed by atoms with E-state index in [-0.39, 0.29) is 30.9 Å². The number of carbonyl (C=O) groups excluding carboxylic acids is 1. The first-order valence-corrected chi connectivity index (χ1v) is 11.1. The molecule has 30 heavy (non-hydrogen) atoms. The molecule has 0 bridgehead atoms. The monoisotopic (exact) mass is 459 g/mol. The highest BCUT2D eigenvalue weighted by molar-refractivity contribution is 5.85. The molecule has 1 atom stereocenters. The molecule has 1 amide bonds. The quantitative estimate of drug-likeness (QED) is 0.603. The van der Waals surface area contributed by atoms with Gasteiger partial charge in [0.1, 0.15) is 0 Å². The maximum Gasteiger partial charge on any atom is 0.239 e. The minimum absolute atomic E-state index is 0. The van der Waals surface area contributed by atoms with Gasteiger partial charge in [-0.1, -0.05) is 30.3 Å². The lowest BCUT2D eigenvalue weighted by Gasteiger charge is -2.39. The average molecular weight is 460 g/mol. The largest absolute Gasteiger partial charge is 0.378 e. The number of halogens is 2. The zero-order valence-corrected chi connectivity index (χ0v) is 19.8. The smallest absolute Gasteiger partial charge is 0.239 e. The molecule has 2 N–H and O–H groups in total. The van der Waals surface area contributed by atoms with Gasteiger partial charge in [-0.25, -0.2) is 0 Å². The fourth-order valence-corrected chi connectivity index (χ4v) is 4.49. The molecule has 2 aliphatic heterocycles. The molecule has 2 aliphatic rings. The van der Waals surface area contributed by atoms with Crippen LogP contribution in [0.3, 0.4) is 0 Å². The lowest BCUT2D eigenvalue weighted by molar-refractivity contribution is -0.139. The first-order valence-electron chi connectivity index (χ1n) is 11.1. The van der Waals surface area contributed by atoms with Gasteiger partial charge in [0.25, 0.3) is 0 Å². The van der Waals surface area contributed by atoms with Crippen molar-refractivity contribution in [3.8, 4) is 0 Å². The van der Waals surface area contributed by atoms with Crippen LogP contribution < -0.4 is 5.73 Å². The Kier molecular flexibility index (Phi) is 12.9. The Labute approximate surface area is 194 Å². The van der Waals surface area contributed by atoms with Crippen molar-refractivity contribution >= 4 is 30.7 Å². The number of ether oxygens (including phenoxy) is 1. The normalized spacial score (nSPS) is 19.6. The summed E-state index contributed by atoms with van der Waals surface area (Å²) in [5, 5.41) is 0. The number of rotatable bonds is 8. The van der Waals surface area contributed by atoms with Crippen molar-refractivity contribution in [2.45, 2.75) is 57.6 Å². The van der Waals surface area contributed by atoms with Gasteiger partial charge in [0.05, 0.1) is 12.1 Å². The number of nitrogens with two attached hydrogens (primary N) is 1. The fraction of sp³-hybridized carbons (Fsp3) is 0.696. The number of benzene rings is 1. The standard InChI is InChI=1S/C23H37N3O2.2ClH/c1-19(23(27)26-15-10-22(11-16-26)28-17-5-12-24)25-13-8-21(9-14-25)18-20-6-3-2-4-7-20;;/h2-4,6-7,19,21-22H,5,8-18,24H2,1H3;2*1H. The Bertz CT molecular complexity index is 589. The molecule has 0 saturated carbocycles. The summed E-state index contributed by atoms with van der Waals surface area (Å²) in [5.74, 6) is 1.03. The van der Waals surface area contributed by atoms with Gasteiger partial charge in [0.2, 0.25) is 5.91 Å². The summed E-state index contributed by atoms with van der Waals surface area (Å²) in [6.45, 7) is 7.21. The minimum atomic E-state index is -0.00705. The van der Waals surface area contributed by atoms with Crippen molar-refractivity contribution in [1.82, 2.24) is 9.80 Å². The summed E-state index contributed by atoms with van der Waals surface area (Å²) in [6, 6.07) is 10.8. The summed E-state index contributed by atoms with van der Waals surface area (Å²) in [5.41, 5.74) is 6.95. The molecule has 0 aromatic heterocycles. The predicted octanol–water partition coefficient (Wildman–Crippen LogP) is 3.53. The summed E-state index contributed by atoms with van der Waals surface area (Å²) in [6.07, 6.45) is 6.63. The molecule has 2 fully saturated rings. The highest BCUT2D eigenvalue weighted by atomic mass is 35.5. The van der Waals surface area contributed by atoms with E-state index < -0.39 is 0 Å². The van der Waals surface area contributed by atoms with Crippen molar-refractivity contribution in [2.75, 3.05) is 39.3 Å². The van der Waals surface area contributed by atoms with Crippen LogP contribution in [-0.2, 0) is 16.0 Å². The van der Waals surface area contributed by atoms with Crippen LogP contribution in [0.5, 0.6) is 0 Å². The van der Waals surface area contributed by atoms with Crippen LogP contribution in [0.2, 0.25) is 0 Å². The zero-order valence-electron chi connectivity index (χ0n) is 18.2. The second kappa shape index (κ2) is 14.3. The van der Waals surface area contributed by atoms with Gasteiger partial charge in [-0.3, -0.25) is 9.69 Å². The van der Waals surface area contributed by atoms with E-state index in [1.165, 1.54) is 18.4 Å². The van der Waals surface area contributed by atoms with Crippen molar-refractivity contribution in [2.24, 2.45) is 11.7 Å². The lowest BCUT2D eigenvalue weighted by Crippen LogP contribution is -2.52. The Morgan fingerprint density at radius 2 is 1.70 bits per heavy atom. The molecule has 7 heteroatoms. The van der Waals surface area contributed by atoms with Crippen LogP contribution >= 0.6 is 24.8 Å².